The van der Waals surface area contributed by atoms with Crippen LogP contribution in [0.1, 0.15) is 23.1 Å². The van der Waals surface area contributed by atoms with Crippen molar-refractivity contribution in [3.05, 3.63) is 76.2 Å². The Bertz CT molecular complexity index is 1160. The van der Waals surface area contributed by atoms with Crippen LogP contribution in [-0.2, 0) is 29.4 Å². The Morgan fingerprint density at radius 1 is 1.17 bits per heavy atom. The summed E-state index contributed by atoms with van der Waals surface area (Å²) >= 11 is 6.18. The molecule has 1 aliphatic carbocycles. The molecule has 29 heavy (non-hydrogen) atoms. The molecule has 4 nitrogen and oxygen atoms in total. The van der Waals surface area contributed by atoms with Gasteiger partial charge in [-0.15, -0.1) is 12.4 Å². The van der Waals surface area contributed by atoms with E-state index in [-0.39, 0.29) is 17.3 Å². The number of aromatic nitrogens is 1. The minimum Gasteiger partial charge on any atom is -0.316 e. The molecule has 1 heterocycles. The smallest absolute Gasteiger partial charge is 0.268 e. The monoisotopic (exact) mass is 454 g/mol. The maximum absolute atomic E-state index is 13.7. The molecule has 0 atom stereocenters. The van der Waals surface area contributed by atoms with Crippen molar-refractivity contribution in [3.63, 3.8) is 0 Å². The highest BCUT2D eigenvalue weighted by atomic mass is 35.5. The van der Waals surface area contributed by atoms with Gasteiger partial charge in [0, 0.05) is 23.3 Å². The summed E-state index contributed by atoms with van der Waals surface area (Å²) in [5.74, 6) is -0.582. The summed E-state index contributed by atoms with van der Waals surface area (Å²) in [4.78, 5) is -0.0685. The van der Waals surface area contributed by atoms with Crippen molar-refractivity contribution in [2.75, 3.05) is 7.05 Å². The van der Waals surface area contributed by atoms with Crippen LogP contribution in [0.4, 0.5) is 4.39 Å². The van der Waals surface area contributed by atoms with E-state index in [1.807, 2.05) is 19.2 Å². The first-order valence-electron chi connectivity index (χ1n) is 9.09. The zero-order valence-electron chi connectivity index (χ0n) is 15.8. The van der Waals surface area contributed by atoms with Crippen LogP contribution in [-0.4, -0.2) is 19.4 Å². The van der Waals surface area contributed by atoms with E-state index < -0.39 is 15.8 Å². The Kier molecular flexibility index (Phi) is 6.39. The van der Waals surface area contributed by atoms with E-state index >= 15 is 0 Å². The first-order valence-corrected chi connectivity index (χ1v) is 10.9. The highest BCUT2D eigenvalue weighted by Gasteiger charge is 2.28. The van der Waals surface area contributed by atoms with Gasteiger partial charge >= 0.3 is 0 Å². The SMILES string of the molecule is CNCc1cn(S(=O)(=O)c2cccc(F)c2)c2c1CCCc1cc(Cl)ccc1-2.Cl. The molecule has 0 unspecified atom stereocenters. The standard InChI is InChI=1S/C21H20ClFN2O2S.ClH/c1-24-12-15-13-25(28(26,27)18-6-3-5-17(23)11-18)21-19(15)7-2-4-14-10-16(22)8-9-20(14)21;/h3,5-6,8-11,13,24H,2,4,7,12H2,1H3;1H. The third-order valence-electron chi connectivity index (χ3n) is 5.08. The van der Waals surface area contributed by atoms with Crippen LogP contribution < -0.4 is 5.32 Å². The lowest BCUT2D eigenvalue weighted by molar-refractivity contribution is 0.583. The van der Waals surface area contributed by atoms with Gasteiger partial charge in [0.2, 0.25) is 0 Å². The molecule has 8 heteroatoms. The van der Waals surface area contributed by atoms with Gasteiger partial charge in [-0.25, -0.2) is 16.8 Å². The van der Waals surface area contributed by atoms with E-state index in [1.165, 1.54) is 22.2 Å². The average Bonchev–Trinajstić information content (AvgIpc) is 2.91. The fourth-order valence-corrected chi connectivity index (χ4v) is 5.51. The highest BCUT2D eigenvalue weighted by molar-refractivity contribution is 7.90. The maximum atomic E-state index is 13.7. The average molecular weight is 455 g/mol. The Morgan fingerprint density at radius 3 is 2.69 bits per heavy atom. The second kappa shape index (κ2) is 8.48. The van der Waals surface area contributed by atoms with E-state index in [0.29, 0.717) is 17.3 Å². The lowest BCUT2D eigenvalue weighted by Gasteiger charge is -2.14. The number of hydrogen-bond acceptors (Lipinski definition) is 3. The normalized spacial score (nSPS) is 13.2. The fourth-order valence-electron chi connectivity index (χ4n) is 3.86. The molecule has 0 radical (unpaired) electrons. The minimum absolute atomic E-state index is 0. The molecular weight excluding hydrogens is 434 g/mol. The predicted molar refractivity (Wildman–Crippen MR) is 116 cm³/mol. The quantitative estimate of drug-likeness (QED) is 0.614. The Labute approximate surface area is 181 Å². The largest absolute Gasteiger partial charge is 0.316 e. The van der Waals surface area contributed by atoms with Crippen LogP contribution in [0, 0.1) is 5.82 Å². The van der Waals surface area contributed by atoms with Gasteiger partial charge in [-0.3, -0.25) is 0 Å². The molecule has 0 bridgehead atoms. The summed E-state index contributed by atoms with van der Waals surface area (Å²) in [5, 5.41) is 3.74. The van der Waals surface area contributed by atoms with Crippen molar-refractivity contribution < 1.29 is 12.8 Å². The van der Waals surface area contributed by atoms with Gasteiger partial charge in [-0.2, -0.15) is 0 Å². The third kappa shape index (κ3) is 3.94. The molecule has 2 aromatic carbocycles. The molecule has 0 aliphatic heterocycles. The highest BCUT2D eigenvalue weighted by Crippen LogP contribution is 2.38. The third-order valence-corrected chi connectivity index (χ3v) is 6.97. The van der Waals surface area contributed by atoms with Crippen LogP contribution in [0.15, 0.2) is 53.6 Å². The molecule has 154 valence electrons. The van der Waals surface area contributed by atoms with Crippen LogP contribution in [0.25, 0.3) is 11.3 Å². The van der Waals surface area contributed by atoms with Gasteiger partial charge in [0.15, 0.2) is 0 Å². The molecule has 0 saturated heterocycles. The molecule has 0 amide bonds. The maximum Gasteiger partial charge on any atom is 0.268 e. The zero-order valence-corrected chi connectivity index (χ0v) is 18.2. The molecule has 3 aromatic rings. The lowest BCUT2D eigenvalue weighted by atomic mass is 10.0. The fraction of sp³-hybridized carbons (Fsp3) is 0.238. The number of fused-ring (bicyclic) bond motifs is 3. The Balaban J connectivity index is 0.00000240. The molecule has 1 aromatic heterocycles. The summed E-state index contributed by atoms with van der Waals surface area (Å²) in [6.07, 6.45) is 4.15. The predicted octanol–water partition coefficient (Wildman–Crippen LogP) is 4.81. The van der Waals surface area contributed by atoms with Crippen LogP contribution in [0.3, 0.4) is 0 Å². The van der Waals surface area contributed by atoms with Crippen molar-refractivity contribution in [2.24, 2.45) is 0 Å². The van der Waals surface area contributed by atoms with Crippen LogP contribution in [0.2, 0.25) is 5.02 Å². The van der Waals surface area contributed by atoms with Crippen LogP contribution >= 0.6 is 24.0 Å². The molecule has 0 spiro atoms. The summed E-state index contributed by atoms with van der Waals surface area (Å²) in [6, 6.07) is 10.7. The van der Waals surface area contributed by atoms with E-state index in [1.54, 1.807) is 12.3 Å². The topological polar surface area (TPSA) is 51.1 Å². The van der Waals surface area contributed by atoms with E-state index in [9.17, 15) is 12.8 Å². The lowest BCUT2D eigenvalue weighted by Crippen LogP contribution is -2.14. The number of benzene rings is 2. The van der Waals surface area contributed by atoms with E-state index in [0.717, 1.165) is 47.6 Å². The van der Waals surface area contributed by atoms with Gasteiger partial charge in [-0.1, -0.05) is 23.7 Å². The van der Waals surface area contributed by atoms with Crippen molar-refractivity contribution in [3.8, 4) is 11.3 Å². The number of hydrogen-bond donors (Lipinski definition) is 1. The van der Waals surface area contributed by atoms with Gasteiger partial charge in [0.05, 0.1) is 10.6 Å². The van der Waals surface area contributed by atoms with Crippen LogP contribution in [0.5, 0.6) is 0 Å². The summed E-state index contributed by atoms with van der Waals surface area (Å²) in [7, 11) is -2.12. The summed E-state index contributed by atoms with van der Waals surface area (Å²) in [6.45, 7) is 0.553. The molecule has 1 N–H and O–H groups in total. The second-order valence-electron chi connectivity index (χ2n) is 6.93. The van der Waals surface area contributed by atoms with Gasteiger partial charge in [0.25, 0.3) is 10.0 Å². The minimum atomic E-state index is -3.95. The van der Waals surface area contributed by atoms with Crippen molar-refractivity contribution in [2.45, 2.75) is 30.7 Å². The first-order chi connectivity index (χ1) is 13.4. The molecule has 0 fully saturated rings. The molecule has 4 rings (SSSR count). The summed E-state index contributed by atoms with van der Waals surface area (Å²) < 4.78 is 41.9. The zero-order chi connectivity index (χ0) is 19.9. The van der Waals surface area contributed by atoms with Crippen molar-refractivity contribution in [1.29, 1.82) is 0 Å². The van der Waals surface area contributed by atoms with Crippen molar-refractivity contribution in [1.82, 2.24) is 9.29 Å². The summed E-state index contributed by atoms with van der Waals surface area (Å²) in [5.41, 5.74) is 4.48. The number of rotatable bonds is 4. The van der Waals surface area contributed by atoms with Gasteiger partial charge in [0.1, 0.15) is 5.82 Å². The molecule has 1 aliphatic rings. The van der Waals surface area contributed by atoms with Crippen molar-refractivity contribution >= 4 is 34.0 Å². The Hall–Kier alpha value is -1.86. The van der Waals surface area contributed by atoms with E-state index in [4.69, 9.17) is 11.6 Å². The number of nitrogens with zero attached hydrogens (tertiary/aromatic N) is 1. The molecule has 0 saturated carbocycles. The number of halogens is 3. The first kappa shape index (κ1) is 21.8. The van der Waals surface area contributed by atoms with Gasteiger partial charge < -0.3 is 5.32 Å². The Morgan fingerprint density at radius 2 is 1.97 bits per heavy atom. The van der Waals surface area contributed by atoms with E-state index in [2.05, 4.69) is 5.32 Å². The van der Waals surface area contributed by atoms with Gasteiger partial charge in [-0.05, 0) is 73.3 Å². The number of nitrogens with one attached hydrogen (secondary N) is 1. The second-order valence-corrected chi connectivity index (χ2v) is 9.18. The number of aryl methyl sites for hydroxylation is 1. The molecular formula is C21H21Cl2FN2O2S.